The smallest absolute Gasteiger partial charge is 0.216 e. The van der Waals surface area contributed by atoms with Gasteiger partial charge in [0.15, 0.2) is 0 Å². The first-order chi connectivity index (χ1) is 8.94. The minimum Gasteiger partial charge on any atom is -0.314 e. The highest BCUT2D eigenvalue weighted by Crippen LogP contribution is 2.12. The van der Waals surface area contributed by atoms with Crippen molar-refractivity contribution in [3.05, 3.63) is 35.6 Å². The summed E-state index contributed by atoms with van der Waals surface area (Å²) in [5.74, 6) is -0.465. The van der Waals surface area contributed by atoms with E-state index in [-0.39, 0.29) is 17.6 Å². The predicted molar refractivity (Wildman–Crippen MR) is 72.6 cm³/mol. The fourth-order valence-electron chi connectivity index (χ4n) is 2.33. The van der Waals surface area contributed by atoms with Crippen molar-refractivity contribution in [1.82, 2.24) is 10.0 Å². The van der Waals surface area contributed by atoms with Gasteiger partial charge >= 0.3 is 0 Å². The number of sulfonamides is 1. The van der Waals surface area contributed by atoms with Gasteiger partial charge in [-0.2, -0.15) is 0 Å². The molecule has 2 atom stereocenters. The largest absolute Gasteiger partial charge is 0.314 e. The Morgan fingerprint density at radius 3 is 2.68 bits per heavy atom. The van der Waals surface area contributed by atoms with Gasteiger partial charge < -0.3 is 5.32 Å². The highest BCUT2D eigenvalue weighted by Gasteiger charge is 2.23. The lowest BCUT2D eigenvalue weighted by Crippen LogP contribution is -2.46. The molecule has 0 radical (unpaired) electrons. The van der Waals surface area contributed by atoms with E-state index in [4.69, 9.17) is 0 Å². The van der Waals surface area contributed by atoms with E-state index in [1.54, 1.807) is 0 Å². The van der Waals surface area contributed by atoms with Crippen molar-refractivity contribution in [2.75, 3.05) is 6.54 Å². The molecule has 4 nitrogen and oxygen atoms in total. The van der Waals surface area contributed by atoms with Crippen molar-refractivity contribution in [3.8, 4) is 0 Å². The molecular weight excluding hydrogens is 267 g/mol. The lowest BCUT2D eigenvalue weighted by Gasteiger charge is -2.28. The third-order valence-corrected chi connectivity index (χ3v) is 4.65. The van der Waals surface area contributed by atoms with Gasteiger partial charge in [-0.1, -0.05) is 12.1 Å². The molecule has 2 N–H and O–H groups in total. The summed E-state index contributed by atoms with van der Waals surface area (Å²) in [6.07, 6.45) is 1.59. The first-order valence-electron chi connectivity index (χ1n) is 6.42. The fraction of sp³-hybridized carbons (Fsp3) is 0.538. The van der Waals surface area contributed by atoms with Crippen LogP contribution in [0.2, 0.25) is 0 Å². The van der Waals surface area contributed by atoms with Crippen LogP contribution in [-0.4, -0.2) is 27.0 Å². The molecule has 1 fully saturated rings. The molecule has 1 aliphatic heterocycles. The number of piperidine rings is 1. The highest BCUT2D eigenvalue weighted by molar-refractivity contribution is 7.88. The summed E-state index contributed by atoms with van der Waals surface area (Å²) in [7, 11) is -3.37. The van der Waals surface area contributed by atoms with Crippen LogP contribution in [-0.2, 0) is 15.8 Å². The van der Waals surface area contributed by atoms with Gasteiger partial charge in [0.1, 0.15) is 5.82 Å². The Kier molecular flexibility index (Phi) is 4.54. The number of nitrogens with one attached hydrogen (secondary N) is 2. The molecule has 2 unspecified atom stereocenters. The second-order valence-electron chi connectivity index (χ2n) is 5.08. The maximum atomic E-state index is 12.8. The standard InChI is InChI=1S/C13H19FN2O2S/c1-10-8-13(6-7-15-10)16-19(17,18)9-11-2-4-12(14)5-3-11/h2-5,10,13,15-16H,6-9H2,1H3. The quantitative estimate of drug-likeness (QED) is 0.879. The van der Waals surface area contributed by atoms with E-state index in [9.17, 15) is 12.8 Å². The topological polar surface area (TPSA) is 58.2 Å². The van der Waals surface area contributed by atoms with Crippen LogP contribution < -0.4 is 10.0 Å². The molecular formula is C13H19FN2O2S. The third-order valence-electron chi connectivity index (χ3n) is 3.24. The molecule has 1 aliphatic rings. The van der Waals surface area contributed by atoms with Crippen molar-refractivity contribution in [2.45, 2.75) is 37.6 Å². The molecule has 0 bridgehead atoms. The van der Waals surface area contributed by atoms with Crippen LogP contribution in [0.4, 0.5) is 4.39 Å². The van der Waals surface area contributed by atoms with Crippen molar-refractivity contribution < 1.29 is 12.8 Å². The molecule has 2 rings (SSSR count). The number of halogens is 1. The zero-order valence-electron chi connectivity index (χ0n) is 10.9. The van der Waals surface area contributed by atoms with E-state index >= 15 is 0 Å². The van der Waals surface area contributed by atoms with Crippen LogP contribution in [0.15, 0.2) is 24.3 Å². The van der Waals surface area contributed by atoms with Crippen LogP contribution in [0, 0.1) is 5.82 Å². The Hall–Kier alpha value is -0.980. The number of benzene rings is 1. The summed E-state index contributed by atoms with van der Waals surface area (Å²) in [6.45, 7) is 2.87. The second kappa shape index (κ2) is 5.98. The monoisotopic (exact) mass is 286 g/mol. The van der Waals surface area contributed by atoms with Crippen LogP contribution in [0.25, 0.3) is 0 Å². The minimum atomic E-state index is -3.37. The molecule has 0 saturated carbocycles. The Balaban J connectivity index is 1.96. The maximum Gasteiger partial charge on any atom is 0.216 e. The van der Waals surface area contributed by atoms with E-state index in [0.29, 0.717) is 11.6 Å². The van der Waals surface area contributed by atoms with Crippen LogP contribution in [0.5, 0.6) is 0 Å². The van der Waals surface area contributed by atoms with Crippen molar-refractivity contribution in [1.29, 1.82) is 0 Å². The first kappa shape index (κ1) is 14.4. The molecule has 1 saturated heterocycles. The summed E-state index contributed by atoms with van der Waals surface area (Å²) in [5, 5.41) is 3.28. The molecule has 6 heteroatoms. The maximum absolute atomic E-state index is 12.8. The summed E-state index contributed by atoms with van der Waals surface area (Å²) < 4.78 is 39.6. The Labute approximate surface area is 113 Å². The fourth-order valence-corrected chi connectivity index (χ4v) is 3.77. The van der Waals surface area contributed by atoms with Gasteiger partial charge in [0.25, 0.3) is 0 Å². The Morgan fingerprint density at radius 1 is 1.37 bits per heavy atom. The first-order valence-corrected chi connectivity index (χ1v) is 8.08. The lowest BCUT2D eigenvalue weighted by atomic mass is 10.0. The van der Waals surface area contributed by atoms with Crippen molar-refractivity contribution in [2.24, 2.45) is 0 Å². The number of hydrogen-bond donors (Lipinski definition) is 2. The highest BCUT2D eigenvalue weighted by atomic mass is 32.2. The zero-order valence-corrected chi connectivity index (χ0v) is 11.7. The van der Waals surface area contributed by atoms with E-state index < -0.39 is 10.0 Å². The summed E-state index contributed by atoms with van der Waals surface area (Å²) in [5.41, 5.74) is 0.593. The van der Waals surface area contributed by atoms with Gasteiger partial charge in [-0.15, -0.1) is 0 Å². The normalized spacial score (nSPS) is 24.3. The van der Waals surface area contributed by atoms with E-state index in [1.165, 1.54) is 24.3 Å². The van der Waals surface area contributed by atoms with Crippen molar-refractivity contribution >= 4 is 10.0 Å². The SMILES string of the molecule is CC1CC(NS(=O)(=O)Cc2ccc(F)cc2)CCN1. The van der Waals surface area contributed by atoms with Crippen LogP contribution in [0.1, 0.15) is 25.3 Å². The third kappa shape index (κ3) is 4.56. The number of rotatable bonds is 4. The van der Waals surface area contributed by atoms with Gasteiger partial charge in [0.05, 0.1) is 5.75 Å². The molecule has 19 heavy (non-hydrogen) atoms. The second-order valence-corrected chi connectivity index (χ2v) is 6.83. The van der Waals surface area contributed by atoms with Gasteiger partial charge in [0.2, 0.25) is 10.0 Å². The van der Waals surface area contributed by atoms with E-state index in [2.05, 4.69) is 10.0 Å². The molecule has 0 aliphatic carbocycles. The predicted octanol–water partition coefficient (Wildman–Crippen LogP) is 1.39. The lowest BCUT2D eigenvalue weighted by molar-refractivity contribution is 0.361. The molecule has 1 aromatic rings. The molecule has 0 aromatic heterocycles. The van der Waals surface area contributed by atoms with Gasteiger partial charge in [-0.3, -0.25) is 0 Å². The zero-order chi connectivity index (χ0) is 13.9. The molecule has 1 aromatic carbocycles. The van der Waals surface area contributed by atoms with Gasteiger partial charge in [-0.25, -0.2) is 17.5 Å². The van der Waals surface area contributed by atoms with E-state index in [1.807, 2.05) is 6.92 Å². The average molecular weight is 286 g/mol. The molecule has 0 spiro atoms. The summed E-state index contributed by atoms with van der Waals surface area (Å²) >= 11 is 0. The summed E-state index contributed by atoms with van der Waals surface area (Å²) in [4.78, 5) is 0. The Morgan fingerprint density at radius 2 is 2.05 bits per heavy atom. The van der Waals surface area contributed by atoms with Gasteiger partial charge in [0, 0.05) is 12.1 Å². The molecule has 1 heterocycles. The van der Waals surface area contributed by atoms with E-state index in [0.717, 1.165) is 19.4 Å². The molecule has 0 amide bonds. The van der Waals surface area contributed by atoms with Gasteiger partial charge in [-0.05, 0) is 44.0 Å². The van der Waals surface area contributed by atoms with Crippen LogP contribution >= 0.6 is 0 Å². The minimum absolute atomic E-state index is 0.0123. The Bertz CT molecular complexity index is 516. The number of hydrogen-bond acceptors (Lipinski definition) is 3. The summed E-state index contributed by atoms with van der Waals surface area (Å²) in [6, 6.07) is 5.86. The average Bonchev–Trinajstić information content (AvgIpc) is 2.31. The van der Waals surface area contributed by atoms with Crippen molar-refractivity contribution in [3.63, 3.8) is 0 Å². The van der Waals surface area contributed by atoms with Crippen LogP contribution in [0.3, 0.4) is 0 Å². The molecule has 106 valence electrons.